The number of nitrogens with one attached hydrogen (secondary N) is 1. The van der Waals surface area contributed by atoms with E-state index in [2.05, 4.69) is 29.9 Å². The van der Waals surface area contributed by atoms with Crippen molar-refractivity contribution in [1.29, 1.82) is 0 Å². The Balaban J connectivity index is 1.74. The Hall–Kier alpha value is -2.55. The fourth-order valence-corrected chi connectivity index (χ4v) is 6.25. The van der Waals surface area contributed by atoms with Crippen LogP contribution in [0.3, 0.4) is 0 Å². The fourth-order valence-electron chi connectivity index (χ4n) is 5.35. The van der Waals surface area contributed by atoms with Crippen LogP contribution in [0.5, 0.6) is 0 Å². The van der Waals surface area contributed by atoms with Crippen LogP contribution in [-0.4, -0.2) is 64.3 Å². The minimum atomic E-state index is -1.29. The van der Waals surface area contributed by atoms with Gasteiger partial charge < -0.3 is 25.6 Å². The van der Waals surface area contributed by atoms with E-state index in [9.17, 15) is 9.59 Å². The van der Waals surface area contributed by atoms with Crippen molar-refractivity contribution in [3.8, 4) is 0 Å². The molecule has 1 fully saturated rings. The molecule has 1 aliphatic rings. The number of rotatable bonds is 14. The summed E-state index contributed by atoms with van der Waals surface area (Å²) in [6, 6.07) is 16.1. The lowest BCUT2D eigenvalue weighted by Crippen LogP contribution is -2.45. The highest BCUT2D eigenvalue weighted by molar-refractivity contribution is 6.76. The fraction of sp³-hybridized carbons (Fsp3) is 0.562. The summed E-state index contributed by atoms with van der Waals surface area (Å²) >= 11 is 6.29. The summed E-state index contributed by atoms with van der Waals surface area (Å²) in [6.07, 6.45) is 7.38. The first-order valence-electron chi connectivity index (χ1n) is 15.1. The number of hydrogen-bond donors (Lipinski definition) is 2. The van der Waals surface area contributed by atoms with E-state index < -0.39 is 8.07 Å². The molecule has 1 aliphatic carbocycles. The highest BCUT2D eigenvalue weighted by Crippen LogP contribution is 2.30. The van der Waals surface area contributed by atoms with Crippen molar-refractivity contribution in [2.24, 2.45) is 11.7 Å². The van der Waals surface area contributed by atoms with E-state index in [4.69, 9.17) is 22.1 Å². The minimum Gasteiger partial charge on any atom is -0.450 e. The van der Waals surface area contributed by atoms with Crippen molar-refractivity contribution < 1.29 is 14.3 Å². The number of nitrogens with zero attached hydrogens (tertiary/aromatic N) is 2. The molecule has 0 aromatic heterocycles. The molecule has 3 N–H and O–H groups in total. The molecule has 0 spiro atoms. The van der Waals surface area contributed by atoms with Crippen LogP contribution in [0.1, 0.15) is 55.3 Å². The number of carbonyl (C=O) groups excluding carboxylic acids is 2. The molecule has 0 radical (unpaired) electrons. The maximum atomic E-state index is 13.6. The topological polar surface area (TPSA) is 87.9 Å². The van der Waals surface area contributed by atoms with Crippen LogP contribution >= 0.6 is 11.6 Å². The van der Waals surface area contributed by atoms with Gasteiger partial charge in [-0.25, -0.2) is 4.79 Å². The second-order valence-electron chi connectivity index (χ2n) is 12.5. The van der Waals surface area contributed by atoms with Gasteiger partial charge in [0.25, 0.3) is 5.91 Å². The number of halogens is 1. The predicted octanol–water partition coefficient (Wildman–Crippen LogP) is 7.30. The molecule has 41 heavy (non-hydrogen) atoms. The molecule has 2 aromatic rings. The molecule has 0 aliphatic heterocycles. The molecule has 0 unspecified atom stereocenters. The maximum Gasteiger partial charge on any atom is 0.409 e. The molecular formula is C32H49ClN4O3Si. The number of anilines is 2. The first-order valence-corrected chi connectivity index (χ1v) is 19.2. The zero-order valence-corrected chi connectivity index (χ0v) is 27.1. The van der Waals surface area contributed by atoms with Gasteiger partial charge >= 0.3 is 6.09 Å². The standard InChI is InChI=1S/C32H49ClN4O3Si/c1-36(32(39)40-19-20-41(2,3)4)24-28(21-25-11-6-5-7-12-25)35-31(38)26-13-8-15-29(22-26)37(18-10-17-34)30-16-9-14-27(33)23-30/h8-9,13-16,22-23,25,28H,5-7,10-12,17-21,24,34H2,1-4H3,(H,35,38)/t28-/m0/s1. The summed E-state index contributed by atoms with van der Waals surface area (Å²) < 4.78 is 5.57. The van der Waals surface area contributed by atoms with Crippen LogP contribution in [0.15, 0.2) is 48.5 Å². The Kier molecular flexibility index (Phi) is 13.0. The van der Waals surface area contributed by atoms with Gasteiger partial charge in [-0.05, 0) is 67.7 Å². The number of amides is 2. The van der Waals surface area contributed by atoms with Crippen LogP contribution in [0.4, 0.5) is 16.2 Å². The van der Waals surface area contributed by atoms with E-state index in [-0.39, 0.29) is 18.0 Å². The number of carbonyl (C=O) groups is 2. The van der Waals surface area contributed by atoms with Crippen molar-refractivity contribution in [3.63, 3.8) is 0 Å². The maximum absolute atomic E-state index is 13.6. The average molecular weight is 601 g/mol. The van der Waals surface area contributed by atoms with E-state index in [1.54, 1.807) is 11.9 Å². The normalized spacial score (nSPS) is 14.8. The third-order valence-electron chi connectivity index (χ3n) is 7.69. The first-order chi connectivity index (χ1) is 19.6. The molecule has 0 saturated heterocycles. The third kappa shape index (κ3) is 11.3. The predicted molar refractivity (Wildman–Crippen MR) is 173 cm³/mol. The zero-order valence-electron chi connectivity index (χ0n) is 25.3. The monoisotopic (exact) mass is 600 g/mol. The molecule has 3 rings (SSSR count). The molecule has 226 valence electrons. The van der Waals surface area contributed by atoms with Crippen LogP contribution in [0.25, 0.3) is 0 Å². The van der Waals surface area contributed by atoms with Gasteiger partial charge in [-0.3, -0.25) is 4.79 Å². The van der Waals surface area contributed by atoms with Crippen LogP contribution in [-0.2, 0) is 4.74 Å². The lowest BCUT2D eigenvalue weighted by atomic mass is 9.84. The minimum absolute atomic E-state index is 0.141. The van der Waals surface area contributed by atoms with Gasteiger partial charge in [0.05, 0.1) is 6.61 Å². The van der Waals surface area contributed by atoms with Crippen molar-refractivity contribution in [2.45, 2.75) is 76.7 Å². The molecule has 1 saturated carbocycles. The van der Waals surface area contributed by atoms with E-state index in [0.29, 0.717) is 42.7 Å². The van der Waals surface area contributed by atoms with Crippen molar-refractivity contribution in [3.05, 3.63) is 59.1 Å². The highest BCUT2D eigenvalue weighted by Gasteiger charge is 2.25. The smallest absolute Gasteiger partial charge is 0.409 e. The van der Waals surface area contributed by atoms with E-state index in [1.807, 2.05) is 48.5 Å². The molecule has 2 aromatic carbocycles. The number of benzene rings is 2. The Bertz CT molecular complexity index is 1120. The third-order valence-corrected chi connectivity index (χ3v) is 9.63. The summed E-state index contributed by atoms with van der Waals surface area (Å²) in [6.45, 7) is 8.92. The van der Waals surface area contributed by atoms with Crippen LogP contribution < -0.4 is 16.0 Å². The molecule has 0 heterocycles. The lowest BCUT2D eigenvalue weighted by Gasteiger charge is -2.30. The summed E-state index contributed by atoms with van der Waals surface area (Å²) in [5, 5.41) is 3.92. The zero-order chi connectivity index (χ0) is 29.8. The number of ether oxygens (including phenoxy) is 1. The quantitative estimate of drug-likeness (QED) is 0.222. The van der Waals surface area contributed by atoms with Crippen LogP contribution in [0.2, 0.25) is 30.7 Å². The number of hydrogen-bond acceptors (Lipinski definition) is 5. The summed E-state index contributed by atoms with van der Waals surface area (Å²) in [5.74, 6) is 0.407. The largest absolute Gasteiger partial charge is 0.450 e. The van der Waals surface area contributed by atoms with Crippen LogP contribution in [0, 0.1) is 5.92 Å². The van der Waals surface area contributed by atoms with Gasteiger partial charge in [-0.2, -0.15) is 0 Å². The molecule has 2 amide bonds. The van der Waals surface area contributed by atoms with Gasteiger partial charge in [0, 0.05) is 56.2 Å². The lowest BCUT2D eigenvalue weighted by molar-refractivity contribution is 0.0889. The van der Waals surface area contributed by atoms with E-state index in [0.717, 1.165) is 30.3 Å². The van der Waals surface area contributed by atoms with Gasteiger partial charge in [0.2, 0.25) is 0 Å². The van der Waals surface area contributed by atoms with Gasteiger partial charge in [-0.1, -0.05) is 75.5 Å². The van der Waals surface area contributed by atoms with Crippen molar-refractivity contribution in [1.82, 2.24) is 10.2 Å². The molecule has 9 heteroatoms. The van der Waals surface area contributed by atoms with Gasteiger partial charge in [-0.15, -0.1) is 0 Å². The molecular weight excluding hydrogens is 552 g/mol. The second-order valence-corrected chi connectivity index (χ2v) is 18.6. The molecule has 1 atom stereocenters. The summed E-state index contributed by atoms with van der Waals surface area (Å²) in [4.78, 5) is 30.1. The Morgan fingerprint density at radius 1 is 1.07 bits per heavy atom. The van der Waals surface area contributed by atoms with Crippen molar-refractivity contribution >= 4 is 43.1 Å². The average Bonchev–Trinajstić information content (AvgIpc) is 2.93. The van der Waals surface area contributed by atoms with E-state index in [1.165, 1.54) is 32.1 Å². The Morgan fingerprint density at radius 2 is 1.76 bits per heavy atom. The second kappa shape index (κ2) is 16.2. The van der Waals surface area contributed by atoms with E-state index >= 15 is 0 Å². The number of nitrogens with two attached hydrogens (primary N) is 1. The molecule has 7 nitrogen and oxygen atoms in total. The Morgan fingerprint density at radius 3 is 2.41 bits per heavy atom. The SMILES string of the molecule is CN(C[C@H](CC1CCCCC1)NC(=O)c1cccc(N(CCCN)c2cccc(Cl)c2)c1)C(=O)OCC[Si](C)(C)C. The summed E-state index contributed by atoms with van der Waals surface area (Å²) in [7, 11) is 0.468. The van der Waals surface area contributed by atoms with Crippen molar-refractivity contribution in [2.75, 3.05) is 38.2 Å². The molecule has 0 bridgehead atoms. The number of likely N-dealkylation sites (N-methyl/N-ethyl adjacent to an activating group) is 1. The van der Waals surface area contributed by atoms with Gasteiger partial charge in [0.15, 0.2) is 0 Å². The highest BCUT2D eigenvalue weighted by atomic mass is 35.5. The van der Waals surface area contributed by atoms with Gasteiger partial charge in [0.1, 0.15) is 0 Å². The summed E-state index contributed by atoms with van der Waals surface area (Å²) in [5.41, 5.74) is 8.26. The first kappa shape index (κ1) is 33.0. The Labute approximate surface area is 252 Å².